The first-order valence-electron chi connectivity index (χ1n) is 11.1. The smallest absolute Gasteiger partial charge is 0.404 e. The summed E-state index contributed by atoms with van der Waals surface area (Å²) >= 11 is 0. The highest BCUT2D eigenvalue weighted by molar-refractivity contribution is 7.46. The van der Waals surface area contributed by atoms with Crippen molar-refractivity contribution in [2.45, 2.75) is 92.4 Å². The molecule has 2 N–H and O–H groups in total. The van der Waals surface area contributed by atoms with Crippen LogP contribution in [0, 0.1) is 43.4 Å². The molecule has 1 aromatic rings. The summed E-state index contributed by atoms with van der Waals surface area (Å²) < 4.78 is 16.8. The summed E-state index contributed by atoms with van der Waals surface area (Å²) in [4.78, 5) is 18.9. The lowest BCUT2D eigenvalue weighted by Crippen LogP contribution is -2.55. The van der Waals surface area contributed by atoms with Crippen LogP contribution in [0.2, 0.25) is 0 Å². The maximum atomic E-state index is 11.6. The summed E-state index contributed by atoms with van der Waals surface area (Å²) in [5.74, 6) is 1.71. The Kier molecular flexibility index (Phi) is 4.68. The number of hydrogen-bond donors (Lipinski definition) is 2. The second-order valence-corrected chi connectivity index (χ2v) is 12.4. The van der Waals surface area contributed by atoms with Gasteiger partial charge in [-0.3, -0.25) is 9.79 Å². The van der Waals surface area contributed by atoms with Gasteiger partial charge in [-0.25, -0.2) is 4.57 Å². The fourth-order valence-electron chi connectivity index (χ4n) is 8.09. The summed E-state index contributed by atoms with van der Waals surface area (Å²) in [6.45, 7) is 16.0. The fourth-order valence-corrected chi connectivity index (χ4v) is 8.60. The molecule has 0 radical (unpaired) electrons. The minimum atomic E-state index is -4.59. The van der Waals surface area contributed by atoms with Gasteiger partial charge in [-0.2, -0.15) is 0 Å². The van der Waals surface area contributed by atoms with E-state index in [2.05, 4.69) is 34.6 Å². The lowest BCUT2D eigenvalue weighted by Gasteiger charge is -2.61. The zero-order chi connectivity index (χ0) is 21.6. The number of rotatable bonds is 2. The first-order valence-corrected chi connectivity index (χ1v) is 12.6. The normalized spacial score (nSPS) is 35.6. The maximum absolute atomic E-state index is 11.6. The van der Waals surface area contributed by atoms with Crippen LogP contribution in [0.1, 0.15) is 87.6 Å². The van der Waals surface area contributed by atoms with E-state index in [9.17, 15) is 14.4 Å². The molecule has 0 spiro atoms. The minimum absolute atomic E-state index is 0.133. The second-order valence-electron chi connectivity index (χ2n) is 11.3. The Morgan fingerprint density at radius 2 is 1.59 bits per heavy atom. The molecule has 4 nitrogen and oxygen atoms in total. The summed E-state index contributed by atoms with van der Waals surface area (Å²) in [7, 11) is -4.59. The lowest BCUT2D eigenvalue weighted by molar-refractivity contribution is -0.0983. The molecule has 1 aromatic carbocycles. The van der Waals surface area contributed by atoms with Gasteiger partial charge in [0.2, 0.25) is 0 Å². The summed E-state index contributed by atoms with van der Waals surface area (Å²) in [5, 5.41) is 0. The fraction of sp³-hybridized carbons (Fsp3) is 0.750. The van der Waals surface area contributed by atoms with Gasteiger partial charge in [-0.05, 0) is 109 Å². The third-order valence-corrected chi connectivity index (χ3v) is 9.78. The van der Waals surface area contributed by atoms with Crippen LogP contribution in [-0.2, 0) is 16.4 Å². The Bertz CT molecular complexity index is 914. The zero-order valence-electron chi connectivity index (χ0n) is 19.1. The number of fused-ring (bicyclic) bond motifs is 5. The molecule has 0 saturated heterocycles. The van der Waals surface area contributed by atoms with Gasteiger partial charge < -0.3 is 4.52 Å². The molecule has 0 amide bonds. The van der Waals surface area contributed by atoms with Gasteiger partial charge in [-0.15, -0.1) is 0 Å². The van der Waals surface area contributed by atoms with Crippen molar-refractivity contribution in [3.05, 3.63) is 27.8 Å². The number of phosphoric acid groups is 1. The number of hydrogen-bond acceptors (Lipinski definition) is 2. The van der Waals surface area contributed by atoms with Crippen molar-refractivity contribution < 1.29 is 18.9 Å². The third kappa shape index (κ3) is 2.97. The predicted molar refractivity (Wildman–Crippen MR) is 116 cm³/mol. The standard InChI is InChI=1S/C24H37O4P/c1-14-15(2)21(28-29(25,26)27)16(3)17-13-19-23(6)11-8-10-22(4,5)18(23)9-12-24(19,7)20(14)17/h18-19H,8-13H2,1-7H3,(H2,25,26,27)/t18?,19-,23+,24?/m1/s1. The van der Waals surface area contributed by atoms with E-state index in [1.165, 1.54) is 43.2 Å². The SMILES string of the molecule is Cc1c(C)c2c(c(C)c1OP(=O)(O)O)C[C@H]1C2(C)CCC2C(C)(C)CCC[C@@]21C. The molecule has 162 valence electrons. The van der Waals surface area contributed by atoms with Crippen LogP contribution >= 0.6 is 7.82 Å². The molecule has 2 saturated carbocycles. The molecule has 2 unspecified atom stereocenters. The largest absolute Gasteiger partial charge is 0.524 e. The summed E-state index contributed by atoms with van der Waals surface area (Å²) in [6.07, 6.45) is 7.38. The highest BCUT2D eigenvalue weighted by Gasteiger charge is 2.61. The Morgan fingerprint density at radius 1 is 0.931 bits per heavy atom. The second kappa shape index (κ2) is 6.34. The lowest BCUT2D eigenvalue weighted by atomic mass is 9.43. The van der Waals surface area contributed by atoms with Crippen LogP contribution in [0.5, 0.6) is 5.75 Å². The minimum Gasteiger partial charge on any atom is -0.404 e. The molecule has 5 heteroatoms. The van der Waals surface area contributed by atoms with Crippen LogP contribution in [0.4, 0.5) is 0 Å². The van der Waals surface area contributed by atoms with E-state index < -0.39 is 7.82 Å². The topological polar surface area (TPSA) is 66.8 Å². The average molecular weight is 421 g/mol. The van der Waals surface area contributed by atoms with Crippen molar-refractivity contribution in [1.82, 2.24) is 0 Å². The summed E-state index contributed by atoms with van der Waals surface area (Å²) in [5.41, 5.74) is 6.53. The Hall–Kier alpha value is -0.830. The quantitative estimate of drug-likeness (QED) is 0.564. The van der Waals surface area contributed by atoms with Crippen molar-refractivity contribution >= 4 is 7.82 Å². The molecule has 29 heavy (non-hydrogen) atoms. The Morgan fingerprint density at radius 3 is 2.21 bits per heavy atom. The van der Waals surface area contributed by atoms with Crippen molar-refractivity contribution in [3.8, 4) is 5.75 Å². The number of benzene rings is 1. The van der Waals surface area contributed by atoms with Gasteiger partial charge in [0.15, 0.2) is 0 Å². The first-order chi connectivity index (χ1) is 13.2. The van der Waals surface area contributed by atoms with Gasteiger partial charge in [-0.1, -0.05) is 34.1 Å². The van der Waals surface area contributed by atoms with Crippen molar-refractivity contribution in [1.29, 1.82) is 0 Å². The highest BCUT2D eigenvalue weighted by atomic mass is 31.2. The van der Waals surface area contributed by atoms with Crippen LogP contribution in [0.25, 0.3) is 0 Å². The predicted octanol–water partition coefficient (Wildman–Crippen LogP) is 6.14. The zero-order valence-corrected chi connectivity index (χ0v) is 19.9. The molecule has 3 aliphatic carbocycles. The van der Waals surface area contributed by atoms with E-state index in [-0.39, 0.29) is 5.41 Å². The van der Waals surface area contributed by atoms with Crippen molar-refractivity contribution in [2.75, 3.05) is 0 Å². The molecular weight excluding hydrogens is 383 g/mol. The van der Waals surface area contributed by atoms with E-state index in [4.69, 9.17) is 4.52 Å². The van der Waals surface area contributed by atoms with E-state index in [1.54, 1.807) is 0 Å². The van der Waals surface area contributed by atoms with Gasteiger partial charge in [0, 0.05) is 0 Å². The number of phosphoric ester groups is 1. The molecule has 3 aliphatic rings. The van der Waals surface area contributed by atoms with Gasteiger partial charge in [0.1, 0.15) is 5.75 Å². The molecule has 0 aromatic heterocycles. The molecule has 4 atom stereocenters. The van der Waals surface area contributed by atoms with Crippen LogP contribution in [0.3, 0.4) is 0 Å². The summed E-state index contributed by atoms with van der Waals surface area (Å²) in [6, 6.07) is 0. The van der Waals surface area contributed by atoms with Gasteiger partial charge in [0.25, 0.3) is 0 Å². The first kappa shape index (κ1) is 21.4. The monoisotopic (exact) mass is 420 g/mol. The Balaban J connectivity index is 1.87. The van der Waals surface area contributed by atoms with Gasteiger partial charge >= 0.3 is 7.82 Å². The van der Waals surface area contributed by atoms with Crippen LogP contribution in [0.15, 0.2) is 0 Å². The highest BCUT2D eigenvalue weighted by Crippen LogP contribution is 2.68. The van der Waals surface area contributed by atoms with Gasteiger partial charge in [0.05, 0.1) is 0 Å². The van der Waals surface area contributed by atoms with E-state index in [1.807, 2.05) is 13.8 Å². The molecule has 0 bridgehead atoms. The van der Waals surface area contributed by atoms with Crippen LogP contribution < -0.4 is 4.52 Å². The van der Waals surface area contributed by atoms with Crippen molar-refractivity contribution in [2.24, 2.45) is 22.7 Å². The molecule has 4 rings (SSSR count). The van der Waals surface area contributed by atoms with E-state index in [0.29, 0.717) is 22.5 Å². The Labute approximate surface area is 175 Å². The van der Waals surface area contributed by atoms with Crippen LogP contribution in [-0.4, -0.2) is 9.79 Å². The van der Waals surface area contributed by atoms with E-state index >= 15 is 0 Å². The third-order valence-electron chi connectivity index (χ3n) is 9.36. The molecule has 0 aliphatic heterocycles. The molecule has 2 fully saturated rings. The molecule has 0 heterocycles. The van der Waals surface area contributed by atoms with Crippen molar-refractivity contribution in [3.63, 3.8) is 0 Å². The average Bonchev–Trinajstić information content (AvgIpc) is 2.90. The molecular formula is C24H37O4P. The van der Waals surface area contributed by atoms with E-state index in [0.717, 1.165) is 29.0 Å². The maximum Gasteiger partial charge on any atom is 0.524 e.